The molecule has 0 heterocycles. The summed E-state index contributed by atoms with van der Waals surface area (Å²) >= 11 is 0. The minimum atomic E-state index is -4.49. The second-order valence-electron chi connectivity index (χ2n) is 5.72. The van der Waals surface area contributed by atoms with Gasteiger partial charge in [0.2, 0.25) is 0 Å². The standard InChI is InChI=1S/C15H18F3NO3/c1-14(2,3)22-13(21)19-12(7-8-20)10-5-4-6-11(9-10)15(16,17)18/h4-6,8-9,12H,7H2,1-3H3,(H,19,21)/t12-/m1/s1. The molecule has 0 aliphatic rings. The molecular weight excluding hydrogens is 299 g/mol. The molecule has 1 aromatic rings. The molecule has 22 heavy (non-hydrogen) atoms. The van der Waals surface area contributed by atoms with Crippen LogP contribution < -0.4 is 5.32 Å². The lowest BCUT2D eigenvalue weighted by Crippen LogP contribution is -2.35. The van der Waals surface area contributed by atoms with Crippen molar-refractivity contribution in [1.82, 2.24) is 5.32 Å². The van der Waals surface area contributed by atoms with Gasteiger partial charge in [-0.1, -0.05) is 12.1 Å². The SMILES string of the molecule is CC(C)(C)OC(=O)N[C@H](CC=O)c1cccc(C(F)(F)F)c1. The van der Waals surface area contributed by atoms with Crippen molar-refractivity contribution < 1.29 is 27.5 Å². The first-order valence-electron chi connectivity index (χ1n) is 6.63. The molecule has 1 atom stereocenters. The summed E-state index contributed by atoms with van der Waals surface area (Å²) in [6, 6.07) is 3.60. The number of carbonyl (C=O) groups excluding carboxylic acids is 2. The summed E-state index contributed by atoms with van der Waals surface area (Å²) in [5, 5.41) is 2.41. The monoisotopic (exact) mass is 317 g/mol. The van der Waals surface area contributed by atoms with Crippen LogP contribution in [0.3, 0.4) is 0 Å². The number of carbonyl (C=O) groups is 2. The van der Waals surface area contributed by atoms with Gasteiger partial charge in [-0.15, -0.1) is 0 Å². The normalized spacial score (nSPS) is 13.4. The number of hydrogen-bond donors (Lipinski definition) is 1. The number of benzene rings is 1. The molecule has 1 aromatic carbocycles. The molecule has 0 aromatic heterocycles. The molecule has 7 heteroatoms. The molecule has 1 amide bonds. The fourth-order valence-electron chi connectivity index (χ4n) is 1.76. The quantitative estimate of drug-likeness (QED) is 0.858. The van der Waals surface area contributed by atoms with Gasteiger partial charge in [-0.3, -0.25) is 0 Å². The number of alkyl carbamates (subject to hydrolysis) is 1. The fraction of sp³-hybridized carbons (Fsp3) is 0.467. The maximum Gasteiger partial charge on any atom is 0.416 e. The van der Waals surface area contributed by atoms with Gasteiger partial charge in [0.15, 0.2) is 0 Å². The van der Waals surface area contributed by atoms with Crippen molar-refractivity contribution in [2.24, 2.45) is 0 Å². The highest BCUT2D eigenvalue weighted by atomic mass is 19.4. The van der Waals surface area contributed by atoms with Gasteiger partial charge in [0.1, 0.15) is 11.9 Å². The van der Waals surface area contributed by atoms with Crippen LogP contribution in [0.2, 0.25) is 0 Å². The number of nitrogens with one attached hydrogen (secondary N) is 1. The highest BCUT2D eigenvalue weighted by Gasteiger charge is 2.31. The Bertz CT molecular complexity index is 536. The molecule has 122 valence electrons. The van der Waals surface area contributed by atoms with Gasteiger partial charge in [0.05, 0.1) is 11.6 Å². The fourth-order valence-corrected chi connectivity index (χ4v) is 1.76. The van der Waals surface area contributed by atoms with Crippen molar-refractivity contribution in [1.29, 1.82) is 0 Å². The van der Waals surface area contributed by atoms with E-state index in [-0.39, 0.29) is 12.0 Å². The summed E-state index contributed by atoms with van der Waals surface area (Å²) in [5.41, 5.74) is -1.40. The Morgan fingerprint density at radius 2 is 1.95 bits per heavy atom. The van der Waals surface area contributed by atoms with Gasteiger partial charge in [-0.25, -0.2) is 4.79 Å². The molecule has 0 fully saturated rings. The lowest BCUT2D eigenvalue weighted by Gasteiger charge is -2.23. The summed E-state index contributed by atoms with van der Waals surface area (Å²) in [6.07, 6.45) is -4.91. The lowest BCUT2D eigenvalue weighted by molar-refractivity contribution is -0.137. The van der Waals surface area contributed by atoms with Gasteiger partial charge in [0, 0.05) is 6.42 Å². The minimum absolute atomic E-state index is 0.152. The van der Waals surface area contributed by atoms with E-state index >= 15 is 0 Å². The Balaban J connectivity index is 2.96. The zero-order valence-corrected chi connectivity index (χ0v) is 12.5. The molecular formula is C15H18F3NO3. The largest absolute Gasteiger partial charge is 0.444 e. The van der Waals surface area contributed by atoms with E-state index in [0.717, 1.165) is 12.1 Å². The smallest absolute Gasteiger partial charge is 0.416 e. The average molecular weight is 317 g/mol. The molecule has 0 radical (unpaired) electrons. The molecule has 0 aliphatic heterocycles. The number of ether oxygens (including phenoxy) is 1. The van der Waals surface area contributed by atoms with E-state index in [4.69, 9.17) is 4.74 Å². The van der Waals surface area contributed by atoms with Crippen LogP contribution in [0.15, 0.2) is 24.3 Å². The Morgan fingerprint density at radius 3 is 2.45 bits per heavy atom. The summed E-state index contributed by atoms with van der Waals surface area (Å²) in [7, 11) is 0. The van der Waals surface area contributed by atoms with Crippen LogP contribution in [-0.2, 0) is 15.7 Å². The molecule has 0 aliphatic carbocycles. The van der Waals surface area contributed by atoms with Crippen molar-refractivity contribution in [2.45, 2.75) is 45.0 Å². The minimum Gasteiger partial charge on any atom is -0.444 e. The lowest BCUT2D eigenvalue weighted by atomic mass is 10.0. The van der Waals surface area contributed by atoms with Crippen molar-refractivity contribution in [3.05, 3.63) is 35.4 Å². The second-order valence-corrected chi connectivity index (χ2v) is 5.72. The van der Waals surface area contributed by atoms with E-state index < -0.39 is 29.5 Å². The number of aldehydes is 1. The molecule has 0 saturated carbocycles. The maximum atomic E-state index is 12.7. The third-order valence-electron chi connectivity index (χ3n) is 2.64. The number of halogens is 3. The number of alkyl halides is 3. The molecule has 4 nitrogen and oxygen atoms in total. The van der Waals surface area contributed by atoms with Crippen molar-refractivity contribution in [2.75, 3.05) is 0 Å². The molecule has 0 unspecified atom stereocenters. The van der Waals surface area contributed by atoms with E-state index in [2.05, 4.69) is 5.32 Å². The summed E-state index contributed by atoms with van der Waals surface area (Å²) in [6.45, 7) is 4.97. The number of amides is 1. The highest BCUT2D eigenvalue weighted by molar-refractivity contribution is 5.69. The Labute approximate surface area is 126 Å². The number of hydrogen-bond acceptors (Lipinski definition) is 3. The van der Waals surface area contributed by atoms with Crippen LogP contribution in [-0.4, -0.2) is 18.0 Å². The first-order valence-corrected chi connectivity index (χ1v) is 6.63. The van der Waals surface area contributed by atoms with Crippen LogP contribution in [0, 0.1) is 0 Å². The molecule has 1 N–H and O–H groups in total. The van der Waals surface area contributed by atoms with Gasteiger partial charge in [-0.2, -0.15) is 13.2 Å². The van der Waals surface area contributed by atoms with E-state index in [9.17, 15) is 22.8 Å². The summed E-state index contributed by atoms with van der Waals surface area (Å²) < 4.78 is 43.2. The summed E-state index contributed by atoms with van der Waals surface area (Å²) in [4.78, 5) is 22.5. The topological polar surface area (TPSA) is 55.4 Å². The van der Waals surface area contributed by atoms with Gasteiger partial charge >= 0.3 is 12.3 Å². The molecule has 0 saturated heterocycles. The molecule has 0 bridgehead atoms. The zero-order valence-electron chi connectivity index (χ0n) is 12.5. The van der Waals surface area contributed by atoms with Crippen LogP contribution >= 0.6 is 0 Å². The third kappa shape index (κ3) is 5.75. The predicted octanol–water partition coefficient (Wildman–Crippen LogP) is 3.86. The van der Waals surface area contributed by atoms with Gasteiger partial charge < -0.3 is 14.8 Å². The average Bonchev–Trinajstić information content (AvgIpc) is 2.35. The number of rotatable bonds is 4. The van der Waals surface area contributed by atoms with Crippen LogP contribution in [0.5, 0.6) is 0 Å². The Hall–Kier alpha value is -2.05. The van der Waals surface area contributed by atoms with Crippen LogP contribution in [0.1, 0.15) is 44.4 Å². The highest BCUT2D eigenvalue weighted by Crippen LogP contribution is 2.31. The predicted molar refractivity (Wildman–Crippen MR) is 74.2 cm³/mol. The van der Waals surface area contributed by atoms with E-state index in [1.54, 1.807) is 20.8 Å². The van der Waals surface area contributed by atoms with Crippen molar-refractivity contribution >= 4 is 12.4 Å². The first kappa shape index (κ1) is 18.0. The van der Waals surface area contributed by atoms with Crippen LogP contribution in [0.25, 0.3) is 0 Å². The van der Waals surface area contributed by atoms with Crippen molar-refractivity contribution in [3.63, 3.8) is 0 Å². The Kier molecular flexibility index (Phi) is 5.57. The van der Waals surface area contributed by atoms with E-state index in [0.29, 0.717) is 6.29 Å². The van der Waals surface area contributed by atoms with Gasteiger partial charge in [0.25, 0.3) is 0 Å². The summed E-state index contributed by atoms with van der Waals surface area (Å²) in [5.74, 6) is 0. The Morgan fingerprint density at radius 1 is 1.32 bits per heavy atom. The van der Waals surface area contributed by atoms with Gasteiger partial charge in [-0.05, 0) is 38.5 Å². The zero-order chi connectivity index (χ0) is 17.0. The van der Waals surface area contributed by atoms with E-state index in [1.165, 1.54) is 12.1 Å². The maximum absolute atomic E-state index is 12.7. The molecule has 1 rings (SSSR count). The molecule has 0 spiro atoms. The third-order valence-corrected chi connectivity index (χ3v) is 2.64. The van der Waals surface area contributed by atoms with E-state index in [1.807, 2.05) is 0 Å². The second kappa shape index (κ2) is 6.81. The van der Waals surface area contributed by atoms with Crippen LogP contribution in [0.4, 0.5) is 18.0 Å². The van der Waals surface area contributed by atoms with Crippen molar-refractivity contribution in [3.8, 4) is 0 Å². The first-order chi connectivity index (χ1) is 10.0.